The molecule has 2 aliphatic heterocycles. The van der Waals surface area contributed by atoms with Crippen molar-refractivity contribution in [3.8, 4) is 23.0 Å². The molecule has 0 bridgehead atoms. The first-order valence-corrected chi connectivity index (χ1v) is 15.9. The summed E-state index contributed by atoms with van der Waals surface area (Å²) in [4.78, 5) is 33.8. The van der Waals surface area contributed by atoms with Gasteiger partial charge in [-0.05, 0) is 85.8 Å². The topological polar surface area (TPSA) is 107 Å². The van der Waals surface area contributed by atoms with E-state index in [1.54, 1.807) is 37.4 Å². The van der Waals surface area contributed by atoms with E-state index in [0.717, 1.165) is 22.4 Å². The lowest BCUT2D eigenvalue weighted by atomic mass is 9.94. The Morgan fingerprint density at radius 3 is 2.67 bits per heavy atom. The number of amides is 1. The first kappa shape index (κ1) is 30.5. The Bertz CT molecular complexity index is 1810. The number of carbonyl (C=O) groups excluding carboxylic acids is 2. The first-order valence-electron chi connectivity index (χ1n) is 15.1. The second-order valence-electron chi connectivity index (χ2n) is 11.6. The molecule has 6 rings (SSSR count). The lowest BCUT2D eigenvalue weighted by Crippen LogP contribution is -2.29. The zero-order valence-corrected chi connectivity index (χ0v) is 26.8. The van der Waals surface area contributed by atoms with Crippen molar-refractivity contribution in [1.29, 1.82) is 0 Å². The maximum absolute atomic E-state index is 13.8. The van der Waals surface area contributed by atoms with Crippen molar-refractivity contribution in [1.82, 2.24) is 4.98 Å². The van der Waals surface area contributed by atoms with Gasteiger partial charge >= 0.3 is 5.91 Å². The predicted molar refractivity (Wildman–Crippen MR) is 174 cm³/mol. The van der Waals surface area contributed by atoms with Gasteiger partial charge in [-0.25, -0.2) is 4.98 Å². The lowest BCUT2D eigenvalue weighted by Gasteiger charge is -2.24. The van der Waals surface area contributed by atoms with E-state index in [0.29, 0.717) is 64.6 Å². The highest BCUT2D eigenvalue weighted by molar-refractivity contribution is 7.22. The van der Waals surface area contributed by atoms with Crippen LogP contribution in [0, 0.1) is 5.92 Å². The van der Waals surface area contributed by atoms with Gasteiger partial charge in [-0.15, -0.1) is 0 Å². The minimum Gasteiger partial charge on any atom is -0.507 e. The molecule has 2 atom stereocenters. The number of aliphatic hydroxyl groups is 1. The van der Waals surface area contributed by atoms with Crippen molar-refractivity contribution in [3.63, 3.8) is 0 Å². The Hall–Kier alpha value is -4.57. The third kappa shape index (κ3) is 5.82. The fourth-order valence-corrected chi connectivity index (χ4v) is 6.72. The van der Waals surface area contributed by atoms with Gasteiger partial charge in [0.05, 0.1) is 42.2 Å². The second kappa shape index (κ2) is 12.4. The average molecular weight is 629 g/mol. The number of thiazole rings is 1. The Morgan fingerprint density at radius 2 is 1.91 bits per heavy atom. The van der Waals surface area contributed by atoms with Crippen LogP contribution in [0.15, 0.2) is 60.2 Å². The Kier molecular flexibility index (Phi) is 8.42. The number of methoxy groups -OCH3 is 1. The number of benzene rings is 3. The van der Waals surface area contributed by atoms with Gasteiger partial charge in [0, 0.05) is 12.0 Å². The van der Waals surface area contributed by atoms with Crippen LogP contribution in [0.5, 0.6) is 23.0 Å². The summed E-state index contributed by atoms with van der Waals surface area (Å²) >= 11 is 1.28. The van der Waals surface area contributed by atoms with E-state index in [1.165, 1.54) is 16.2 Å². The number of Topliss-reactive ketones (excluding diaryl/α,β-unsaturated/α-hetero) is 1. The van der Waals surface area contributed by atoms with Crippen molar-refractivity contribution in [2.24, 2.45) is 5.92 Å². The van der Waals surface area contributed by atoms with Gasteiger partial charge in [0.1, 0.15) is 23.4 Å². The molecule has 3 aromatic carbocycles. The summed E-state index contributed by atoms with van der Waals surface area (Å²) in [5, 5.41) is 12.1. The highest BCUT2D eigenvalue weighted by atomic mass is 32.1. The van der Waals surface area contributed by atoms with E-state index in [2.05, 4.69) is 13.8 Å². The van der Waals surface area contributed by atoms with Crippen molar-refractivity contribution >= 4 is 44.1 Å². The number of nitrogens with zero attached hydrogens (tertiary/aromatic N) is 2. The molecule has 3 heterocycles. The van der Waals surface area contributed by atoms with E-state index in [1.807, 2.05) is 38.1 Å². The number of anilines is 1. The molecule has 0 spiro atoms. The summed E-state index contributed by atoms with van der Waals surface area (Å²) in [5.41, 5.74) is 2.56. The number of hydrogen-bond acceptors (Lipinski definition) is 9. The molecule has 4 aromatic rings. The smallest absolute Gasteiger partial charge is 0.301 e. The fraction of sp³-hybridized carbons (Fsp3) is 0.343. The summed E-state index contributed by atoms with van der Waals surface area (Å²) in [6, 6.07) is 15.2. The maximum Gasteiger partial charge on any atom is 0.301 e. The fourth-order valence-electron chi connectivity index (χ4n) is 5.70. The second-order valence-corrected chi connectivity index (χ2v) is 12.6. The molecule has 9 nitrogen and oxygen atoms in total. The molecule has 0 aliphatic carbocycles. The molecule has 2 aliphatic rings. The number of ether oxygens (including phenoxy) is 4. The number of aromatic nitrogens is 1. The number of rotatable bonds is 10. The molecule has 1 fully saturated rings. The average Bonchev–Trinajstić information content (AvgIpc) is 3.68. The number of carbonyl (C=O) groups is 2. The maximum atomic E-state index is 13.8. The van der Waals surface area contributed by atoms with Gasteiger partial charge < -0.3 is 24.1 Å². The van der Waals surface area contributed by atoms with E-state index in [-0.39, 0.29) is 17.4 Å². The van der Waals surface area contributed by atoms with Crippen LogP contribution in [0.25, 0.3) is 16.0 Å². The summed E-state index contributed by atoms with van der Waals surface area (Å²) in [7, 11) is 1.54. The molecular formula is C35H36N2O7S. The molecule has 10 heteroatoms. The van der Waals surface area contributed by atoms with E-state index < -0.39 is 17.7 Å². The van der Waals surface area contributed by atoms with Gasteiger partial charge in [0.15, 0.2) is 16.6 Å². The highest BCUT2D eigenvalue weighted by Gasteiger charge is 2.48. The minimum atomic E-state index is -0.973. The van der Waals surface area contributed by atoms with Gasteiger partial charge in [0.2, 0.25) is 0 Å². The van der Waals surface area contributed by atoms with Gasteiger partial charge in [-0.2, -0.15) is 0 Å². The molecule has 234 valence electrons. The number of ketones is 1. The summed E-state index contributed by atoms with van der Waals surface area (Å²) in [6.07, 6.45) is 1.57. The first-order chi connectivity index (χ1) is 21.7. The molecular weight excluding hydrogens is 592 g/mol. The minimum absolute atomic E-state index is 0.0130. The molecule has 0 unspecified atom stereocenters. The van der Waals surface area contributed by atoms with Crippen LogP contribution in [0.4, 0.5) is 5.13 Å². The molecule has 1 aromatic heterocycles. The molecule has 1 amide bonds. The quantitative estimate of drug-likeness (QED) is 0.113. The van der Waals surface area contributed by atoms with Gasteiger partial charge in [-0.3, -0.25) is 14.5 Å². The van der Waals surface area contributed by atoms with Crippen LogP contribution in [0.2, 0.25) is 0 Å². The zero-order valence-electron chi connectivity index (χ0n) is 26.0. The van der Waals surface area contributed by atoms with Gasteiger partial charge in [0.25, 0.3) is 5.78 Å². The number of aliphatic hydroxyl groups excluding tert-OH is 1. The SMILES string of the molecule is CCOc1ccc2nc(N3C(=O)C(=O)C(=C(O)c4ccc5c(c4)C[C@@H](C)O5)[C@H]3c3ccc(OCCC(C)C)c(OC)c3)sc2c1. The van der Waals surface area contributed by atoms with Crippen LogP contribution >= 0.6 is 11.3 Å². The van der Waals surface area contributed by atoms with Crippen molar-refractivity contribution in [2.45, 2.75) is 52.7 Å². The van der Waals surface area contributed by atoms with Crippen LogP contribution < -0.4 is 23.8 Å². The van der Waals surface area contributed by atoms with Crippen LogP contribution in [0.1, 0.15) is 56.8 Å². The third-order valence-electron chi connectivity index (χ3n) is 7.94. The molecule has 1 N–H and O–H groups in total. The number of hydrogen-bond donors (Lipinski definition) is 1. The Labute approximate surface area is 266 Å². The standard InChI is InChI=1S/C35H36N2O7S/c1-6-42-24-9-10-25-29(18-24)45-35(36-25)37-31(21-7-12-27(28(17-21)41-5)43-14-13-19(2)3)30(33(39)34(37)40)32(38)22-8-11-26-23(16-22)15-20(4)44-26/h7-12,16-20,31,38H,6,13-15H2,1-5H3/t20-,31-/m1/s1. The molecule has 45 heavy (non-hydrogen) atoms. The summed E-state index contributed by atoms with van der Waals surface area (Å²) in [6.45, 7) is 9.16. The Balaban J connectivity index is 1.48. The molecule has 0 saturated carbocycles. The van der Waals surface area contributed by atoms with E-state index in [4.69, 9.17) is 23.9 Å². The van der Waals surface area contributed by atoms with Crippen molar-refractivity contribution < 1.29 is 33.6 Å². The Morgan fingerprint density at radius 1 is 1.09 bits per heavy atom. The summed E-state index contributed by atoms with van der Waals surface area (Å²) < 4.78 is 24.0. The largest absolute Gasteiger partial charge is 0.507 e. The monoisotopic (exact) mass is 628 g/mol. The highest BCUT2D eigenvalue weighted by Crippen LogP contribution is 2.46. The van der Waals surface area contributed by atoms with Crippen LogP contribution in [-0.2, 0) is 16.0 Å². The van der Waals surface area contributed by atoms with Gasteiger partial charge in [-0.1, -0.05) is 31.3 Å². The normalized spacial score (nSPS) is 18.8. The summed E-state index contributed by atoms with van der Waals surface area (Å²) in [5.74, 6) is 1.07. The zero-order chi connectivity index (χ0) is 31.8. The van der Waals surface area contributed by atoms with E-state index in [9.17, 15) is 14.7 Å². The predicted octanol–water partition coefficient (Wildman–Crippen LogP) is 7.08. The van der Waals surface area contributed by atoms with E-state index >= 15 is 0 Å². The lowest BCUT2D eigenvalue weighted by molar-refractivity contribution is -0.132. The van der Waals surface area contributed by atoms with Crippen LogP contribution in [-0.4, -0.2) is 48.2 Å². The molecule has 1 saturated heterocycles. The van der Waals surface area contributed by atoms with Crippen LogP contribution in [0.3, 0.4) is 0 Å². The van der Waals surface area contributed by atoms with Crippen molar-refractivity contribution in [3.05, 3.63) is 76.9 Å². The number of fused-ring (bicyclic) bond motifs is 2. The third-order valence-corrected chi connectivity index (χ3v) is 8.95. The van der Waals surface area contributed by atoms with Crippen molar-refractivity contribution in [2.75, 3.05) is 25.2 Å². The molecule has 0 radical (unpaired) electrons.